The maximum Gasteiger partial charge on any atom is 0.149 e. The molecular formula is C8H13ClN4. The first kappa shape index (κ1) is 10.2. The first-order valence-electron chi connectivity index (χ1n) is 4.20. The average Bonchev–Trinajstić information content (AvgIpc) is 2.14. The highest BCUT2D eigenvalue weighted by atomic mass is 35.5. The Labute approximate surface area is 82.5 Å². The van der Waals surface area contributed by atoms with Crippen LogP contribution in [0.15, 0.2) is 12.4 Å². The minimum atomic E-state index is 0.229. The van der Waals surface area contributed by atoms with Crippen LogP contribution in [0, 0.1) is 0 Å². The van der Waals surface area contributed by atoms with E-state index in [1.165, 1.54) is 6.20 Å². The third-order valence-electron chi connectivity index (χ3n) is 1.73. The number of aromatic nitrogens is 2. The Bertz CT molecular complexity index is 262. The topological polar surface area (TPSA) is 63.8 Å². The number of nitrogens with zero attached hydrogens (tertiary/aromatic N) is 2. The van der Waals surface area contributed by atoms with Gasteiger partial charge in [0.05, 0.1) is 12.4 Å². The second-order valence-electron chi connectivity index (χ2n) is 2.71. The number of hydrogen-bond acceptors (Lipinski definition) is 4. The van der Waals surface area contributed by atoms with E-state index in [1.807, 2.05) is 0 Å². The Morgan fingerprint density at radius 3 is 2.92 bits per heavy atom. The van der Waals surface area contributed by atoms with E-state index in [0.717, 1.165) is 6.42 Å². The Balaban J connectivity index is 2.62. The van der Waals surface area contributed by atoms with Crippen molar-refractivity contribution in [3.8, 4) is 0 Å². The van der Waals surface area contributed by atoms with Crippen molar-refractivity contribution < 1.29 is 0 Å². The number of anilines is 1. The third kappa shape index (κ3) is 3.16. The van der Waals surface area contributed by atoms with Gasteiger partial charge >= 0.3 is 0 Å². The second-order valence-corrected chi connectivity index (χ2v) is 3.10. The van der Waals surface area contributed by atoms with Crippen molar-refractivity contribution in [3.63, 3.8) is 0 Å². The fraction of sp³-hybridized carbons (Fsp3) is 0.500. The molecule has 0 saturated heterocycles. The van der Waals surface area contributed by atoms with E-state index in [4.69, 9.17) is 17.3 Å². The number of halogens is 1. The van der Waals surface area contributed by atoms with Gasteiger partial charge < -0.3 is 11.1 Å². The molecule has 1 aromatic rings. The summed E-state index contributed by atoms with van der Waals surface area (Å²) in [7, 11) is 0. The normalized spacial score (nSPS) is 12.5. The van der Waals surface area contributed by atoms with Crippen molar-refractivity contribution in [2.75, 3.05) is 11.9 Å². The number of hydrogen-bond donors (Lipinski definition) is 2. The molecule has 5 heteroatoms. The SMILES string of the molecule is CCC(CN)Nc1cncc(Cl)n1. The van der Waals surface area contributed by atoms with Gasteiger partial charge in [-0.3, -0.25) is 4.98 Å². The molecule has 0 fully saturated rings. The van der Waals surface area contributed by atoms with Gasteiger partial charge in [-0.15, -0.1) is 0 Å². The van der Waals surface area contributed by atoms with E-state index in [-0.39, 0.29) is 6.04 Å². The van der Waals surface area contributed by atoms with E-state index in [1.54, 1.807) is 6.20 Å². The first-order valence-corrected chi connectivity index (χ1v) is 4.58. The highest BCUT2D eigenvalue weighted by Gasteiger charge is 2.04. The molecule has 0 aliphatic heterocycles. The molecule has 0 aliphatic carbocycles. The fourth-order valence-electron chi connectivity index (χ4n) is 0.949. The van der Waals surface area contributed by atoms with Crippen LogP contribution in [0.1, 0.15) is 13.3 Å². The fourth-order valence-corrected chi connectivity index (χ4v) is 1.10. The van der Waals surface area contributed by atoms with Crippen molar-refractivity contribution in [1.82, 2.24) is 9.97 Å². The zero-order valence-electron chi connectivity index (χ0n) is 7.50. The van der Waals surface area contributed by atoms with Gasteiger partial charge in [0.25, 0.3) is 0 Å². The molecule has 1 heterocycles. The standard InChI is InChI=1S/C8H13ClN4/c1-2-6(3-10)12-8-5-11-4-7(9)13-8/h4-6H,2-3,10H2,1H3,(H,12,13). The molecule has 1 aromatic heterocycles. The molecule has 0 bridgehead atoms. The smallest absolute Gasteiger partial charge is 0.149 e. The Kier molecular flexibility index (Phi) is 3.92. The summed E-state index contributed by atoms with van der Waals surface area (Å²) in [6.45, 7) is 2.63. The lowest BCUT2D eigenvalue weighted by molar-refractivity contribution is 0.699. The average molecular weight is 201 g/mol. The lowest BCUT2D eigenvalue weighted by atomic mass is 10.2. The highest BCUT2D eigenvalue weighted by Crippen LogP contribution is 2.08. The van der Waals surface area contributed by atoms with E-state index in [9.17, 15) is 0 Å². The predicted octanol–water partition coefficient (Wildman–Crippen LogP) is 1.28. The summed E-state index contributed by atoms with van der Waals surface area (Å²) in [5, 5.41) is 3.52. The molecule has 4 nitrogen and oxygen atoms in total. The maximum absolute atomic E-state index is 5.67. The molecule has 0 aliphatic rings. The Hall–Kier alpha value is -0.870. The van der Waals surface area contributed by atoms with Crippen LogP contribution in [0.3, 0.4) is 0 Å². The van der Waals surface area contributed by atoms with Crippen LogP contribution in [0.2, 0.25) is 5.15 Å². The molecule has 72 valence electrons. The first-order chi connectivity index (χ1) is 6.26. The molecular weight excluding hydrogens is 188 g/mol. The van der Waals surface area contributed by atoms with Crippen LogP contribution in [0.4, 0.5) is 5.82 Å². The van der Waals surface area contributed by atoms with Crippen LogP contribution < -0.4 is 11.1 Å². The quantitative estimate of drug-likeness (QED) is 0.769. The largest absolute Gasteiger partial charge is 0.365 e. The van der Waals surface area contributed by atoms with Crippen LogP contribution in [0.25, 0.3) is 0 Å². The van der Waals surface area contributed by atoms with Gasteiger partial charge in [-0.2, -0.15) is 0 Å². The number of nitrogens with two attached hydrogens (primary N) is 1. The van der Waals surface area contributed by atoms with Gasteiger partial charge in [-0.25, -0.2) is 4.98 Å². The third-order valence-corrected chi connectivity index (χ3v) is 1.92. The van der Waals surface area contributed by atoms with E-state index in [0.29, 0.717) is 17.5 Å². The Morgan fingerprint density at radius 2 is 2.38 bits per heavy atom. The second kappa shape index (κ2) is 4.99. The summed E-state index contributed by atoms with van der Waals surface area (Å²) >= 11 is 5.67. The lowest BCUT2D eigenvalue weighted by Crippen LogP contribution is -2.28. The van der Waals surface area contributed by atoms with Crippen molar-refractivity contribution in [3.05, 3.63) is 17.5 Å². The predicted molar refractivity (Wildman–Crippen MR) is 53.8 cm³/mol. The van der Waals surface area contributed by atoms with E-state index >= 15 is 0 Å². The number of rotatable bonds is 4. The Morgan fingerprint density at radius 1 is 1.62 bits per heavy atom. The molecule has 1 atom stereocenters. The highest BCUT2D eigenvalue weighted by molar-refractivity contribution is 6.29. The molecule has 0 amide bonds. The molecule has 1 unspecified atom stereocenters. The van der Waals surface area contributed by atoms with Gasteiger partial charge in [-0.1, -0.05) is 18.5 Å². The van der Waals surface area contributed by atoms with Crippen molar-refractivity contribution in [2.45, 2.75) is 19.4 Å². The van der Waals surface area contributed by atoms with Gasteiger partial charge in [0.1, 0.15) is 11.0 Å². The van der Waals surface area contributed by atoms with Gasteiger partial charge in [0.15, 0.2) is 0 Å². The van der Waals surface area contributed by atoms with Crippen LogP contribution >= 0.6 is 11.6 Å². The minimum absolute atomic E-state index is 0.229. The van der Waals surface area contributed by atoms with Gasteiger partial charge in [0, 0.05) is 12.6 Å². The molecule has 3 N–H and O–H groups in total. The van der Waals surface area contributed by atoms with Crippen molar-refractivity contribution in [2.24, 2.45) is 5.73 Å². The molecule has 0 saturated carbocycles. The van der Waals surface area contributed by atoms with Gasteiger partial charge in [0.2, 0.25) is 0 Å². The van der Waals surface area contributed by atoms with Crippen molar-refractivity contribution in [1.29, 1.82) is 0 Å². The molecule has 0 aromatic carbocycles. The summed E-state index contributed by atoms with van der Waals surface area (Å²) in [6, 6.07) is 0.229. The van der Waals surface area contributed by atoms with E-state index in [2.05, 4.69) is 22.2 Å². The summed E-state index contributed by atoms with van der Waals surface area (Å²) in [5.74, 6) is 0.671. The molecule has 0 spiro atoms. The summed E-state index contributed by atoms with van der Waals surface area (Å²) < 4.78 is 0. The zero-order valence-corrected chi connectivity index (χ0v) is 8.25. The van der Waals surface area contributed by atoms with Gasteiger partial charge in [-0.05, 0) is 6.42 Å². The maximum atomic E-state index is 5.67. The lowest BCUT2D eigenvalue weighted by Gasteiger charge is -2.14. The zero-order chi connectivity index (χ0) is 9.68. The number of nitrogens with one attached hydrogen (secondary N) is 1. The summed E-state index contributed by atoms with van der Waals surface area (Å²) in [6.07, 6.45) is 4.07. The molecule has 0 radical (unpaired) electrons. The van der Waals surface area contributed by atoms with Crippen LogP contribution in [0.5, 0.6) is 0 Å². The minimum Gasteiger partial charge on any atom is -0.365 e. The summed E-state index contributed by atoms with van der Waals surface area (Å²) in [5.41, 5.74) is 5.53. The monoisotopic (exact) mass is 200 g/mol. The molecule has 1 rings (SSSR count). The van der Waals surface area contributed by atoms with Crippen LogP contribution in [-0.2, 0) is 0 Å². The van der Waals surface area contributed by atoms with Crippen molar-refractivity contribution >= 4 is 17.4 Å². The van der Waals surface area contributed by atoms with Crippen LogP contribution in [-0.4, -0.2) is 22.6 Å². The summed E-state index contributed by atoms with van der Waals surface area (Å²) in [4.78, 5) is 7.95. The molecule has 13 heavy (non-hydrogen) atoms. The van der Waals surface area contributed by atoms with E-state index < -0.39 is 0 Å².